The molecule has 3 aromatic heterocycles. The van der Waals surface area contributed by atoms with E-state index in [4.69, 9.17) is 5.73 Å². The van der Waals surface area contributed by atoms with E-state index >= 15 is 0 Å². The van der Waals surface area contributed by atoms with Gasteiger partial charge in [0.05, 0.1) is 7.11 Å². The Hall–Kier alpha value is -3.37. The number of hydrogen-bond donors (Lipinski definition) is 1. The van der Waals surface area contributed by atoms with Gasteiger partial charge in [-0.25, -0.2) is 14.8 Å². The number of nitrogens with zero attached hydrogens (tertiary/aromatic N) is 8. The van der Waals surface area contributed by atoms with Crippen LogP contribution in [0.2, 0.25) is 0 Å². The second-order valence-electron chi connectivity index (χ2n) is 3.77. The summed E-state index contributed by atoms with van der Waals surface area (Å²) in [7, 11) is 1.24. The molecule has 0 saturated carbocycles. The molecule has 0 aliphatic rings. The minimum absolute atomic E-state index is 0.00109. The topological polar surface area (TPSA) is 140 Å². The van der Waals surface area contributed by atoms with Crippen molar-refractivity contribution in [1.82, 2.24) is 39.3 Å². The summed E-state index contributed by atoms with van der Waals surface area (Å²) in [5.41, 5.74) is 5.65. The largest absolute Gasteiger partial charge is 0.463 e. The standard InChI is InChI=1S/C10H9N9O2/c1-21-7(20)6-13-5-19(17-6)10-15-8(11)14-9(16-10)18-3-2-12-4-18/h2-5H,1H3,(H2,11,14,15,16). The molecule has 0 saturated heterocycles. The molecule has 0 aliphatic heterocycles. The minimum atomic E-state index is -0.661. The highest BCUT2D eigenvalue weighted by atomic mass is 16.5. The van der Waals surface area contributed by atoms with Gasteiger partial charge >= 0.3 is 5.97 Å². The molecule has 0 aliphatic carbocycles. The van der Waals surface area contributed by atoms with Crippen LogP contribution in [-0.2, 0) is 4.74 Å². The van der Waals surface area contributed by atoms with E-state index in [9.17, 15) is 4.79 Å². The van der Waals surface area contributed by atoms with Gasteiger partial charge in [-0.05, 0) is 0 Å². The fourth-order valence-electron chi connectivity index (χ4n) is 1.51. The van der Waals surface area contributed by atoms with E-state index in [1.807, 2.05) is 0 Å². The molecule has 0 atom stereocenters. The van der Waals surface area contributed by atoms with Crippen molar-refractivity contribution in [2.24, 2.45) is 0 Å². The summed E-state index contributed by atoms with van der Waals surface area (Å²) >= 11 is 0. The van der Waals surface area contributed by atoms with Crippen molar-refractivity contribution in [3.8, 4) is 11.9 Å². The Labute approximate surface area is 117 Å². The number of carbonyl (C=O) groups is 1. The van der Waals surface area contributed by atoms with Crippen LogP contribution in [0, 0.1) is 0 Å². The smallest absolute Gasteiger partial charge is 0.377 e. The lowest BCUT2D eigenvalue weighted by Gasteiger charge is -2.04. The van der Waals surface area contributed by atoms with Crippen LogP contribution >= 0.6 is 0 Å². The molecule has 0 unspecified atom stereocenters. The number of aromatic nitrogens is 8. The maximum atomic E-state index is 11.3. The third-order valence-electron chi connectivity index (χ3n) is 2.43. The molecule has 2 N–H and O–H groups in total. The van der Waals surface area contributed by atoms with Gasteiger partial charge in [0, 0.05) is 12.4 Å². The highest BCUT2D eigenvalue weighted by Crippen LogP contribution is 2.06. The normalized spacial score (nSPS) is 10.5. The van der Waals surface area contributed by atoms with Crippen LogP contribution < -0.4 is 5.73 Å². The lowest BCUT2D eigenvalue weighted by molar-refractivity contribution is 0.0587. The summed E-state index contributed by atoms with van der Waals surface area (Å²) in [6.07, 6.45) is 6.02. The van der Waals surface area contributed by atoms with Crippen molar-refractivity contribution in [3.63, 3.8) is 0 Å². The fourth-order valence-corrected chi connectivity index (χ4v) is 1.51. The summed E-state index contributed by atoms with van der Waals surface area (Å²) in [6, 6.07) is 0. The SMILES string of the molecule is COC(=O)c1ncn(-c2nc(N)nc(-n3ccnc3)n2)n1. The van der Waals surface area contributed by atoms with Crippen LogP contribution in [0.4, 0.5) is 5.95 Å². The molecule has 3 rings (SSSR count). The molecule has 0 amide bonds. The first-order valence-electron chi connectivity index (χ1n) is 5.67. The maximum Gasteiger partial charge on any atom is 0.377 e. The molecule has 11 heteroatoms. The number of nitrogens with two attached hydrogens (primary N) is 1. The molecule has 3 aromatic rings. The van der Waals surface area contributed by atoms with Crippen molar-refractivity contribution in [1.29, 1.82) is 0 Å². The number of ether oxygens (including phenoxy) is 1. The first-order valence-corrected chi connectivity index (χ1v) is 5.67. The number of anilines is 1. The Kier molecular flexibility index (Phi) is 2.99. The van der Waals surface area contributed by atoms with E-state index in [1.54, 1.807) is 17.0 Å². The van der Waals surface area contributed by atoms with E-state index in [0.717, 1.165) is 0 Å². The van der Waals surface area contributed by atoms with Gasteiger partial charge in [-0.2, -0.15) is 19.6 Å². The Balaban J connectivity index is 2.02. The zero-order valence-electron chi connectivity index (χ0n) is 10.8. The van der Waals surface area contributed by atoms with Gasteiger partial charge < -0.3 is 10.5 Å². The van der Waals surface area contributed by atoms with E-state index < -0.39 is 5.97 Å². The highest BCUT2D eigenvalue weighted by molar-refractivity contribution is 5.84. The summed E-state index contributed by atoms with van der Waals surface area (Å²) in [5.74, 6) is -0.385. The Morgan fingerprint density at radius 1 is 1.24 bits per heavy atom. The lowest BCUT2D eigenvalue weighted by Crippen LogP contribution is -2.11. The van der Waals surface area contributed by atoms with E-state index in [2.05, 4.69) is 34.8 Å². The summed E-state index contributed by atoms with van der Waals surface area (Å²) in [6.45, 7) is 0. The molecular weight excluding hydrogens is 278 g/mol. The van der Waals surface area contributed by atoms with E-state index in [-0.39, 0.29) is 23.7 Å². The molecule has 106 valence electrons. The molecule has 0 aromatic carbocycles. The third kappa shape index (κ3) is 2.39. The number of nitrogen functional groups attached to an aromatic ring is 1. The quantitative estimate of drug-likeness (QED) is 0.601. The molecular formula is C10H9N9O2. The second-order valence-corrected chi connectivity index (χ2v) is 3.77. The molecule has 0 fully saturated rings. The third-order valence-corrected chi connectivity index (χ3v) is 2.43. The van der Waals surface area contributed by atoms with E-state index in [0.29, 0.717) is 0 Å². The average molecular weight is 287 g/mol. The second kappa shape index (κ2) is 4.96. The van der Waals surface area contributed by atoms with Crippen LogP contribution in [0.25, 0.3) is 11.9 Å². The van der Waals surface area contributed by atoms with Crippen molar-refractivity contribution in [3.05, 3.63) is 30.9 Å². The van der Waals surface area contributed by atoms with Gasteiger partial charge in [0.15, 0.2) is 0 Å². The zero-order valence-corrected chi connectivity index (χ0v) is 10.8. The molecule has 0 spiro atoms. The fraction of sp³-hybridized carbons (Fsp3) is 0.100. The van der Waals surface area contributed by atoms with Crippen LogP contribution in [0.3, 0.4) is 0 Å². The Bertz CT molecular complexity index is 780. The predicted molar refractivity (Wildman–Crippen MR) is 67.6 cm³/mol. The highest BCUT2D eigenvalue weighted by Gasteiger charge is 2.14. The number of esters is 1. The van der Waals surface area contributed by atoms with Crippen LogP contribution in [0.1, 0.15) is 10.6 Å². The van der Waals surface area contributed by atoms with Gasteiger partial charge in [0.25, 0.3) is 11.8 Å². The summed E-state index contributed by atoms with van der Waals surface area (Å²) in [4.78, 5) is 31.1. The number of carbonyl (C=O) groups excluding carboxylic acids is 1. The van der Waals surface area contributed by atoms with Crippen molar-refractivity contribution in [2.45, 2.75) is 0 Å². The first kappa shape index (κ1) is 12.7. The molecule has 21 heavy (non-hydrogen) atoms. The number of hydrogen-bond acceptors (Lipinski definition) is 9. The molecule has 11 nitrogen and oxygen atoms in total. The summed E-state index contributed by atoms with van der Waals surface area (Å²) < 4.78 is 7.28. The summed E-state index contributed by atoms with van der Waals surface area (Å²) in [5, 5.41) is 3.91. The Morgan fingerprint density at radius 3 is 2.76 bits per heavy atom. The van der Waals surface area contributed by atoms with Crippen LogP contribution in [-0.4, -0.2) is 52.3 Å². The van der Waals surface area contributed by atoms with Crippen molar-refractivity contribution < 1.29 is 9.53 Å². The number of rotatable bonds is 3. The molecule has 0 radical (unpaired) electrons. The zero-order chi connectivity index (χ0) is 14.8. The number of methoxy groups -OCH3 is 1. The molecule has 3 heterocycles. The first-order chi connectivity index (χ1) is 10.2. The Morgan fingerprint density at radius 2 is 2.05 bits per heavy atom. The minimum Gasteiger partial charge on any atom is -0.463 e. The number of imidazole rings is 1. The maximum absolute atomic E-state index is 11.3. The lowest BCUT2D eigenvalue weighted by atomic mass is 10.6. The predicted octanol–water partition coefficient (Wildman–Crippen LogP) is -0.993. The van der Waals surface area contributed by atoms with Gasteiger partial charge in [0.1, 0.15) is 12.7 Å². The average Bonchev–Trinajstić information content (AvgIpc) is 3.17. The van der Waals surface area contributed by atoms with Gasteiger partial charge in [0.2, 0.25) is 11.9 Å². The van der Waals surface area contributed by atoms with Gasteiger partial charge in [-0.15, -0.1) is 5.10 Å². The van der Waals surface area contributed by atoms with Crippen LogP contribution in [0.5, 0.6) is 0 Å². The molecule has 0 bridgehead atoms. The van der Waals surface area contributed by atoms with Crippen molar-refractivity contribution in [2.75, 3.05) is 12.8 Å². The van der Waals surface area contributed by atoms with Gasteiger partial charge in [-0.3, -0.25) is 4.57 Å². The monoisotopic (exact) mass is 287 g/mol. The van der Waals surface area contributed by atoms with Crippen molar-refractivity contribution >= 4 is 11.9 Å². The van der Waals surface area contributed by atoms with Gasteiger partial charge in [-0.1, -0.05) is 0 Å². The van der Waals surface area contributed by atoms with E-state index in [1.165, 1.54) is 24.4 Å². The van der Waals surface area contributed by atoms with Crippen LogP contribution in [0.15, 0.2) is 25.0 Å².